The number of rotatable bonds is 6. The summed E-state index contributed by atoms with van der Waals surface area (Å²) in [6, 6.07) is 31.4. The zero-order valence-electron chi connectivity index (χ0n) is 21.1. The van der Waals surface area contributed by atoms with Crippen LogP contribution in [0.1, 0.15) is 11.1 Å². The van der Waals surface area contributed by atoms with E-state index in [1.807, 2.05) is 95.8 Å². The number of imidazole rings is 1. The Morgan fingerprint density at radius 1 is 0.875 bits per heavy atom. The van der Waals surface area contributed by atoms with Crippen LogP contribution in [0.15, 0.2) is 114 Å². The highest BCUT2D eigenvalue weighted by Gasteiger charge is 2.14. The third-order valence-electron chi connectivity index (χ3n) is 6.64. The zero-order chi connectivity index (χ0) is 27.1. The van der Waals surface area contributed by atoms with Crippen LogP contribution in [-0.2, 0) is 6.61 Å². The van der Waals surface area contributed by atoms with Gasteiger partial charge in [0.05, 0.1) is 21.3 Å². The van der Waals surface area contributed by atoms with E-state index in [2.05, 4.69) is 4.98 Å². The van der Waals surface area contributed by atoms with Crippen LogP contribution in [0.25, 0.3) is 39.0 Å². The Labute approximate surface area is 231 Å². The number of para-hydroxylation sites is 3. The average molecular weight is 545 g/mol. The molecule has 7 rings (SSSR count). The van der Waals surface area contributed by atoms with Crippen LogP contribution < -0.4 is 14.8 Å². The number of hydrogen-bond acceptors (Lipinski definition) is 5. The Morgan fingerprint density at radius 3 is 2.42 bits per heavy atom. The topological polar surface area (TPSA) is 61.4 Å². The van der Waals surface area contributed by atoms with Crippen molar-refractivity contribution in [1.82, 2.24) is 19.2 Å². The van der Waals surface area contributed by atoms with E-state index in [1.165, 1.54) is 23.5 Å². The van der Waals surface area contributed by atoms with E-state index in [9.17, 15) is 9.18 Å². The molecule has 40 heavy (non-hydrogen) atoms. The molecule has 3 aromatic heterocycles. The van der Waals surface area contributed by atoms with Crippen LogP contribution in [0.5, 0.6) is 5.75 Å². The van der Waals surface area contributed by atoms with E-state index < -0.39 is 0 Å². The normalized spacial score (nSPS) is 12.0. The molecule has 0 atom stereocenters. The Hall–Kier alpha value is -5.08. The molecule has 0 bridgehead atoms. The molecule has 0 fully saturated rings. The monoisotopic (exact) mass is 544 g/mol. The first kappa shape index (κ1) is 24.0. The molecule has 0 amide bonds. The van der Waals surface area contributed by atoms with Crippen molar-refractivity contribution in [3.05, 3.63) is 141 Å². The minimum Gasteiger partial charge on any atom is -0.489 e. The van der Waals surface area contributed by atoms with Crippen LogP contribution in [0, 0.1) is 5.82 Å². The first-order valence-corrected chi connectivity index (χ1v) is 13.5. The van der Waals surface area contributed by atoms with Gasteiger partial charge in [-0.2, -0.15) is 5.10 Å². The summed E-state index contributed by atoms with van der Waals surface area (Å²) in [5.74, 6) is 0.416. The van der Waals surface area contributed by atoms with Crippen molar-refractivity contribution in [2.75, 3.05) is 0 Å². The molecule has 0 unspecified atom stereocenters. The van der Waals surface area contributed by atoms with Gasteiger partial charge >= 0.3 is 0 Å². The van der Waals surface area contributed by atoms with Gasteiger partial charge in [-0.3, -0.25) is 4.79 Å². The molecule has 0 N–H and O–H groups in total. The molecule has 7 aromatic rings. The molecule has 194 valence electrons. The highest BCUT2D eigenvalue weighted by Crippen LogP contribution is 2.27. The van der Waals surface area contributed by atoms with Gasteiger partial charge in [-0.05, 0) is 72.3 Å². The Kier molecular flexibility index (Phi) is 5.94. The van der Waals surface area contributed by atoms with E-state index in [0.29, 0.717) is 21.8 Å². The molecule has 6 nitrogen and oxygen atoms in total. The van der Waals surface area contributed by atoms with Crippen molar-refractivity contribution in [2.45, 2.75) is 6.61 Å². The number of ether oxygens (including phenoxy) is 1. The van der Waals surface area contributed by atoms with Gasteiger partial charge in [0, 0.05) is 17.3 Å². The number of hydrogen-bond donors (Lipinski definition) is 0. The third-order valence-corrected chi connectivity index (χ3v) is 7.61. The standard InChI is InChI=1S/C32H21FN4O2S/c33-24-14-10-21(11-15-24)20-39-26-16-12-22(13-17-26)30-23(19-36(35-30)25-6-2-1-3-7-25)18-29-31(38)37-28-9-5-4-8-27(28)34-32(37)40-29/h1-19H,20H2/b29-18+. The molecule has 8 heteroatoms. The van der Waals surface area contributed by atoms with E-state index in [1.54, 1.807) is 16.5 Å². The maximum absolute atomic E-state index is 13.4. The van der Waals surface area contributed by atoms with Crippen molar-refractivity contribution in [3.63, 3.8) is 0 Å². The number of halogens is 1. The summed E-state index contributed by atoms with van der Waals surface area (Å²) in [5.41, 5.74) is 5.74. The minimum absolute atomic E-state index is 0.100. The van der Waals surface area contributed by atoms with Crippen LogP contribution >= 0.6 is 11.3 Å². The van der Waals surface area contributed by atoms with Crippen molar-refractivity contribution in [1.29, 1.82) is 0 Å². The highest BCUT2D eigenvalue weighted by molar-refractivity contribution is 7.15. The molecule has 0 aliphatic heterocycles. The Morgan fingerprint density at radius 2 is 1.62 bits per heavy atom. The molecule has 0 spiro atoms. The Balaban J connectivity index is 1.27. The second kappa shape index (κ2) is 9.91. The van der Waals surface area contributed by atoms with Gasteiger partial charge < -0.3 is 4.74 Å². The molecule has 0 aliphatic rings. The fourth-order valence-corrected chi connectivity index (χ4v) is 5.62. The molecule has 0 saturated carbocycles. The van der Waals surface area contributed by atoms with E-state index in [4.69, 9.17) is 9.84 Å². The summed E-state index contributed by atoms with van der Waals surface area (Å²) >= 11 is 1.36. The lowest BCUT2D eigenvalue weighted by molar-refractivity contribution is 0.306. The fraction of sp³-hybridized carbons (Fsp3) is 0.0312. The smallest absolute Gasteiger partial charge is 0.274 e. The van der Waals surface area contributed by atoms with Gasteiger partial charge in [-0.1, -0.05) is 53.8 Å². The summed E-state index contributed by atoms with van der Waals surface area (Å²) in [6.07, 6.45) is 3.82. The average Bonchev–Trinajstić information content (AvgIpc) is 3.66. The maximum atomic E-state index is 13.4. The summed E-state index contributed by atoms with van der Waals surface area (Å²) in [6.45, 7) is 0.336. The van der Waals surface area contributed by atoms with Crippen molar-refractivity contribution in [3.8, 4) is 22.7 Å². The molecule has 0 saturated heterocycles. The van der Waals surface area contributed by atoms with Crippen molar-refractivity contribution >= 4 is 33.4 Å². The largest absolute Gasteiger partial charge is 0.489 e. The van der Waals surface area contributed by atoms with Crippen LogP contribution in [0.2, 0.25) is 0 Å². The second-order valence-electron chi connectivity index (χ2n) is 9.29. The molecular formula is C32H21FN4O2S. The number of fused-ring (bicyclic) bond motifs is 3. The van der Waals surface area contributed by atoms with Gasteiger partial charge in [0.25, 0.3) is 5.56 Å². The third kappa shape index (κ3) is 4.44. The number of thiazole rings is 1. The van der Waals surface area contributed by atoms with E-state index >= 15 is 0 Å². The van der Waals surface area contributed by atoms with Crippen molar-refractivity contribution in [2.24, 2.45) is 0 Å². The van der Waals surface area contributed by atoms with Crippen LogP contribution in [-0.4, -0.2) is 19.2 Å². The lowest BCUT2D eigenvalue weighted by Gasteiger charge is -2.07. The summed E-state index contributed by atoms with van der Waals surface area (Å²) < 4.78 is 23.1. The quantitative estimate of drug-likeness (QED) is 0.257. The SMILES string of the molecule is O=c1/c(=C\c2cn(-c3ccccc3)nc2-c2ccc(OCc3ccc(F)cc3)cc2)sc2nc3ccccc3n12. The number of aromatic nitrogens is 4. The maximum Gasteiger partial charge on any atom is 0.274 e. The van der Waals surface area contributed by atoms with E-state index in [0.717, 1.165) is 39.1 Å². The highest BCUT2D eigenvalue weighted by atomic mass is 32.1. The zero-order valence-corrected chi connectivity index (χ0v) is 21.9. The van der Waals surface area contributed by atoms with Crippen molar-refractivity contribution < 1.29 is 9.13 Å². The van der Waals surface area contributed by atoms with Crippen LogP contribution in [0.4, 0.5) is 4.39 Å². The molecule has 0 radical (unpaired) electrons. The second-order valence-corrected chi connectivity index (χ2v) is 10.3. The van der Waals surface area contributed by atoms with Gasteiger partial charge in [-0.25, -0.2) is 18.5 Å². The first-order valence-electron chi connectivity index (χ1n) is 12.7. The number of nitrogens with zero attached hydrogens (tertiary/aromatic N) is 4. The number of benzene rings is 4. The van der Waals surface area contributed by atoms with Gasteiger partial charge in [0.15, 0.2) is 4.96 Å². The minimum atomic E-state index is -0.273. The summed E-state index contributed by atoms with van der Waals surface area (Å²) in [4.78, 5) is 18.7. The van der Waals surface area contributed by atoms with Gasteiger partial charge in [0.2, 0.25) is 0 Å². The predicted molar refractivity (Wildman–Crippen MR) is 155 cm³/mol. The molecule has 0 aliphatic carbocycles. The summed E-state index contributed by atoms with van der Waals surface area (Å²) in [5, 5.41) is 4.89. The van der Waals surface area contributed by atoms with Crippen LogP contribution in [0.3, 0.4) is 0 Å². The molecule has 3 heterocycles. The summed E-state index contributed by atoms with van der Waals surface area (Å²) in [7, 11) is 0. The van der Waals surface area contributed by atoms with Gasteiger partial charge in [0.1, 0.15) is 23.9 Å². The molecular weight excluding hydrogens is 523 g/mol. The lowest BCUT2D eigenvalue weighted by atomic mass is 10.1. The fourth-order valence-electron chi connectivity index (χ4n) is 4.64. The predicted octanol–water partition coefficient (Wildman–Crippen LogP) is 6.03. The molecule has 4 aromatic carbocycles. The Bertz CT molecular complexity index is 2080. The lowest BCUT2D eigenvalue weighted by Crippen LogP contribution is -2.22. The first-order chi connectivity index (χ1) is 19.6. The van der Waals surface area contributed by atoms with E-state index in [-0.39, 0.29) is 11.4 Å². The van der Waals surface area contributed by atoms with Gasteiger partial charge in [-0.15, -0.1) is 0 Å².